The summed E-state index contributed by atoms with van der Waals surface area (Å²) < 4.78 is 37.0. The van der Waals surface area contributed by atoms with Gasteiger partial charge in [0.1, 0.15) is 24.3 Å². The minimum Gasteiger partial charge on any atom is -0.491 e. The van der Waals surface area contributed by atoms with Gasteiger partial charge in [-0.1, -0.05) is 11.6 Å². The Balaban J connectivity index is 1.41. The third kappa shape index (κ3) is 5.87. The molecule has 6 rings (SSSR count). The summed E-state index contributed by atoms with van der Waals surface area (Å²) in [5.74, 6) is -0.395. The smallest absolute Gasteiger partial charge is 0.338 e. The second-order valence-corrected chi connectivity index (χ2v) is 12.5. The zero-order valence-corrected chi connectivity index (χ0v) is 27.6. The number of pyridine rings is 2. The molecule has 0 amide bonds. The van der Waals surface area contributed by atoms with E-state index in [4.69, 9.17) is 16.3 Å². The second-order valence-electron chi connectivity index (χ2n) is 11.2. The maximum Gasteiger partial charge on any atom is 0.338 e. The van der Waals surface area contributed by atoms with Gasteiger partial charge in [0.05, 0.1) is 38.8 Å². The van der Waals surface area contributed by atoms with Gasteiger partial charge in [0.15, 0.2) is 0 Å². The molecule has 9 nitrogen and oxygen atoms in total. The lowest BCUT2D eigenvalue weighted by Crippen LogP contribution is -2.27. The van der Waals surface area contributed by atoms with Crippen molar-refractivity contribution < 1.29 is 23.4 Å². The van der Waals surface area contributed by atoms with Crippen LogP contribution in [0.1, 0.15) is 50.8 Å². The Labute approximate surface area is 281 Å². The summed E-state index contributed by atoms with van der Waals surface area (Å²) in [6, 6.07) is 13.3. The van der Waals surface area contributed by atoms with Gasteiger partial charge in [-0.05, 0) is 75.7 Å². The number of aryl methyl sites for hydroxylation is 4. The molecular weight excluding hydrogens is 660 g/mol. The number of thiophene rings is 1. The minimum atomic E-state index is -2.92. The standard InChI is InChI=1S/C35H26ClF2N5O4S/c1-16-9-20(10-17(2)40-16)29-24(33(37)38)13-27-30(25(29)14-39)34(44)43(19(4)42-27)7-8-47-28-6-5-21(36)12-22(28)23-11-18(3)41-31-26(35(45)46)15-48-32(23)31/h5-6,9-13,15,33H,7-8H2,1-4H3,(H,45,46). The van der Waals surface area contributed by atoms with E-state index in [2.05, 4.69) is 15.0 Å². The topological polar surface area (TPSA) is 131 Å². The molecule has 1 N–H and O–H groups in total. The van der Waals surface area contributed by atoms with Gasteiger partial charge in [0.25, 0.3) is 12.0 Å². The van der Waals surface area contributed by atoms with Crippen LogP contribution < -0.4 is 10.3 Å². The van der Waals surface area contributed by atoms with E-state index in [0.29, 0.717) is 54.8 Å². The average molecular weight is 686 g/mol. The van der Waals surface area contributed by atoms with Crippen molar-refractivity contribution in [1.29, 1.82) is 5.26 Å². The Morgan fingerprint density at radius 3 is 2.42 bits per heavy atom. The predicted molar refractivity (Wildman–Crippen MR) is 180 cm³/mol. The first kappa shape index (κ1) is 32.7. The number of hydrogen-bond donors (Lipinski definition) is 1. The van der Waals surface area contributed by atoms with Crippen molar-refractivity contribution in [3.05, 3.63) is 103 Å². The fourth-order valence-electron chi connectivity index (χ4n) is 5.92. The van der Waals surface area contributed by atoms with E-state index in [-0.39, 0.29) is 46.6 Å². The summed E-state index contributed by atoms with van der Waals surface area (Å²) in [6.07, 6.45) is -2.92. The normalized spacial score (nSPS) is 11.4. The SMILES string of the molecule is Cc1cc(-c2c(C(F)F)cc3nc(C)n(CCOc4ccc(Cl)cc4-c4cc(C)nc5c(C(=O)O)csc45)c(=O)c3c2C#N)cc(C)n1. The predicted octanol–water partition coefficient (Wildman–Crippen LogP) is 8.21. The van der Waals surface area contributed by atoms with Crippen LogP contribution in [-0.4, -0.2) is 37.2 Å². The third-order valence-electron chi connectivity index (χ3n) is 7.87. The fraction of sp³-hybridized carbons (Fsp3) is 0.200. The van der Waals surface area contributed by atoms with Gasteiger partial charge in [-0.25, -0.2) is 18.6 Å². The molecule has 0 fully saturated rings. The summed E-state index contributed by atoms with van der Waals surface area (Å²) in [6.45, 7) is 6.81. The van der Waals surface area contributed by atoms with Gasteiger partial charge in [-0.15, -0.1) is 11.3 Å². The number of fused-ring (bicyclic) bond motifs is 2. The van der Waals surface area contributed by atoms with Gasteiger partial charge in [-0.2, -0.15) is 5.26 Å². The lowest BCUT2D eigenvalue weighted by molar-refractivity contribution is 0.0699. The highest BCUT2D eigenvalue weighted by Gasteiger charge is 2.25. The largest absolute Gasteiger partial charge is 0.491 e. The summed E-state index contributed by atoms with van der Waals surface area (Å²) in [5, 5.41) is 21.8. The number of benzene rings is 2. The van der Waals surface area contributed by atoms with E-state index in [9.17, 15) is 28.7 Å². The summed E-state index contributed by atoms with van der Waals surface area (Å²) >= 11 is 7.63. The van der Waals surface area contributed by atoms with Crippen molar-refractivity contribution in [2.45, 2.75) is 40.7 Å². The van der Waals surface area contributed by atoms with Crippen molar-refractivity contribution in [3.63, 3.8) is 0 Å². The highest BCUT2D eigenvalue weighted by atomic mass is 35.5. The van der Waals surface area contributed by atoms with Crippen LogP contribution in [0.25, 0.3) is 43.4 Å². The first-order chi connectivity index (χ1) is 22.9. The summed E-state index contributed by atoms with van der Waals surface area (Å²) in [4.78, 5) is 39.0. The molecule has 0 atom stereocenters. The van der Waals surface area contributed by atoms with E-state index in [1.165, 1.54) is 27.4 Å². The van der Waals surface area contributed by atoms with Gasteiger partial charge in [-0.3, -0.25) is 19.3 Å². The maximum absolute atomic E-state index is 14.4. The Bertz CT molecular complexity index is 2380. The van der Waals surface area contributed by atoms with E-state index in [1.807, 2.05) is 12.1 Å². The number of ether oxygens (including phenoxy) is 1. The molecule has 0 saturated carbocycles. The van der Waals surface area contributed by atoms with Crippen LogP contribution in [0.4, 0.5) is 8.78 Å². The zero-order valence-electron chi connectivity index (χ0n) is 26.1. The van der Waals surface area contributed by atoms with Crippen LogP contribution >= 0.6 is 22.9 Å². The number of alkyl halides is 2. The molecule has 0 bridgehead atoms. The third-order valence-corrected chi connectivity index (χ3v) is 9.11. The number of nitrogens with zero attached hydrogens (tertiary/aromatic N) is 5. The molecule has 0 aliphatic heterocycles. The summed E-state index contributed by atoms with van der Waals surface area (Å²) in [7, 11) is 0. The number of carbonyl (C=O) groups is 1. The lowest BCUT2D eigenvalue weighted by Gasteiger charge is -2.18. The number of carboxylic acids is 1. The summed E-state index contributed by atoms with van der Waals surface area (Å²) in [5.41, 5.74) is 2.71. The Morgan fingerprint density at radius 1 is 1.04 bits per heavy atom. The Hall–Kier alpha value is -5.25. The van der Waals surface area contributed by atoms with Gasteiger partial charge >= 0.3 is 5.97 Å². The van der Waals surface area contributed by atoms with Crippen LogP contribution in [0, 0.1) is 39.0 Å². The number of carboxylic acid groups (broad SMARTS) is 1. The van der Waals surface area contributed by atoms with Crippen LogP contribution in [0.2, 0.25) is 5.02 Å². The molecule has 0 unspecified atom stereocenters. The number of aromatic nitrogens is 4. The molecule has 4 heterocycles. The van der Waals surface area contributed by atoms with Gasteiger partial charge < -0.3 is 9.84 Å². The zero-order chi connectivity index (χ0) is 34.4. The highest BCUT2D eigenvalue weighted by molar-refractivity contribution is 7.18. The van der Waals surface area contributed by atoms with Crippen LogP contribution in [-0.2, 0) is 6.54 Å². The second kappa shape index (κ2) is 12.7. The Kier molecular flexibility index (Phi) is 8.68. The first-order valence-corrected chi connectivity index (χ1v) is 15.9. The lowest BCUT2D eigenvalue weighted by atomic mass is 9.91. The molecule has 6 aromatic rings. The molecule has 13 heteroatoms. The van der Waals surface area contributed by atoms with Crippen molar-refractivity contribution in [1.82, 2.24) is 19.5 Å². The van der Waals surface area contributed by atoms with E-state index < -0.39 is 23.5 Å². The van der Waals surface area contributed by atoms with Crippen molar-refractivity contribution in [2.75, 3.05) is 6.61 Å². The number of aromatic carboxylic acids is 1. The van der Waals surface area contributed by atoms with E-state index >= 15 is 0 Å². The Morgan fingerprint density at radius 2 is 1.75 bits per heavy atom. The van der Waals surface area contributed by atoms with Crippen molar-refractivity contribution in [2.24, 2.45) is 0 Å². The quantitative estimate of drug-likeness (QED) is 0.170. The molecule has 48 heavy (non-hydrogen) atoms. The molecule has 0 spiro atoms. The monoisotopic (exact) mass is 685 g/mol. The number of nitriles is 1. The number of hydrogen-bond acceptors (Lipinski definition) is 8. The van der Waals surface area contributed by atoms with E-state index in [1.54, 1.807) is 58.0 Å². The molecule has 2 aromatic carbocycles. The van der Waals surface area contributed by atoms with Crippen LogP contribution in [0.5, 0.6) is 5.75 Å². The fourth-order valence-corrected chi connectivity index (χ4v) is 7.10. The molecule has 0 aliphatic carbocycles. The molecule has 0 aliphatic rings. The molecule has 242 valence electrons. The average Bonchev–Trinajstić information content (AvgIpc) is 3.45. The highest BCUT2D eigenvalue weighted by Crippen LogP contribution is 2.41. The minimum absolute atomic E-state index is 0.00140. The molecule has 0 radical (unpaired) electrons. The number of rotatable bonds is 8. The van der Waals surface area contributed by atoms with Crippen molar-refractivity contribution >= 4 is 50.0 Å². The van der Waals surface area contributed by atoms with Gasteiger partial charge in [0.2, 0.25) is 0 Å². The first-order valence-electron chi connectivity index (χ1n) is 14.6. The molecule has 4 aromatic heterocycles. The van der Waals surface area contributed by atoms with Crippen molar-refractivity contribution in [3.8, 4) is 34.1 Å². The molecular formula is C35H26ClF2N5O4S. The van der Waals surface area contributed by atoms with Crippen LogP contribution in [0.15, 0.2) is 52.6 Å². The van der Waals surface area contributed by atoms with E-state index in [0.717, 1.165) is 0 Å². The molecule has 0 saturated heterocycles. The maximum atomic E-state index is 14.4. The van der Waals surface area contributed by atoms with Crippen LogP contribution in [0.3, 0.4) is 0 Å². The number of halogens is 3. The van der Waals surface area contributed by atoms with Gasteiger partial charge in [0, 0.05) is 49.7 Å².